The van der Waals surface area contributed by atoms with E-state index in [2.05, 4.69) is 21.4 Å². The molecule has 54 heavy (non-hydrogen) atoms. The van der Waals surface area contributed by atoms with E-state index in [1.807, 2.05) is 65.0 Å². The summed E-state index contributed by atoms with van der Waals surface area (Å²) >= 11 is 0. The van der Waals surface area contributed by atoms with Crippen LogP contribution < -0.4 is 10.2 Å². The van der Waals surface area contributed by atoms with Gasteiger partial charge in [0.1, 0.15) is 16.7 Å². The summed E-state index contributed by atoms with van der Waals surface area (Å²) in [6, 6.07) is 9.15. The highest BCUT2D eigenvalue weighted by Crippen LogP contribution is 2.48. The summed E-state index contributed by atoms with van der Waals surface area (Å²) in [6.45, 7) is 14.6. The van der Waals surface area contributed by atoms with Crippen LogP contribution in [0.4, 0.5) is 11.4 Å². The maximum atomic E-state index is 12.1. The molecule has 0 fully saturated rings. The van der Waals surface area contributed by atoms with Crippen LogP contribution in [-0.4, -0.2) is 75.9 Å². The Morgan fingerprint density at radius 3 is 2.19 bits per heavy atom. The summed E-state index contributed by atoms with van der Waals surface area (Å²) < 4.78 is 94.3. The van der Waals surface area contributed by atoms with Crippen molar-refractivity contribution < 1.29 is 43.7 Å². The number of anilines is 1. The van der Waals surface area contributed by atoms with Crippen molar-refractivity contribution in [1.82, 2.24) is 5.32 Å². The lowest BCUT2D eigenvalue weighted by molar-refractivity contribution is -0.438. The highest BCUT2D eigenvalue weighted by Gasteiger charge is 2.44. The Kier molecular flexibility index (Phi) is 13.4. The van der Waals surface area contributed by atoms with Gasteiger partial charge in [-0.1, -0.05) is 51.5 Å². The number of likely N-dealkylation sites (N-methyl/N-ethyl adjacent to an activating group) is 1. The number of rotatable bonds is 18. The largest absolute Gasteiger partial charge is 0.744 e. The number of hydrogen-bond donors (Lipinski definition) is 2. The molecule has 0 radical (unpaired) electrons. The first kappa shape index (κ1) is 42.8. The fourth-order valence-corrected chi connectivity index (χ4v) is 8.71. The van der Waals surface area contributed by atoms with Gasteiger partial charge in [-0.25, -0.2) is 16.8 Å². The minimum Gasteiger partial charge on any atom is -0.744 e. The van der Waals surface area contributed by atoms with E-state index >= 15 is 0 Å². The topological polar surface area (TPSA) is 181 Å². The van der Waals surface area contributed by atoms with Crippen LogP contribution in [0.5, 0.6) is 0 Å². The number of benzene rings is 2. The third kappa shape index (κ3) is 9.85. The Hall–Kier alpha value is -3.89. The van der Waals surface area contributed by atoms with Crippen molar-refractivity contribution in [2.75, 3.05) is 30.3 Å². The Morgan fingerprint density at radius 1 is 0.889 bits per heavy atom. The fourth-order valence-electron chi connectivity index (χ4n) is 7.15. The number of unbranched alkanes of at least 4 members (excludes halogenated alkanes) is 4. The van der Waals surface area contributed by atoms with Gasteiger partial charge in [-0.15, -0.1) is 0 Å². The Balaban J connectivity index is 1.48. The number of nitrogens with one attached hydrogen (secondary N) is 1. The van der Waals surface area contributed by atoms with Gasteiger partial charge in [-0.2, -0.15) is 13.0 Å². The monoisotopic (exact) mass is 801 g/mol. The minimum absolute atomic E-state index is 0.0526. The van der Waals surface area contributed by atoms with Crippen molar-refractivity contribution in [3.05, 3.63) is 95.6 Å². The van der Waals surface area contributed by atoms with Crippen molar-refractivity contribution in [2.24, 2.45) is 0 Å². The summed E-state index contributed by atoms with van der Waals surface area (Å²) in [6.07, 6.45) is 14.1. The van der Waals surface area contributed by atoms with Crippen molar-refractivity contribution in [3.8, 4) is 0 Å². The van der Waals surface area contributed by atoms with E-state index in [9.17, 15) is 39.2 Å². The van der Waals surface area contributed by atoms with E-state index in [0.717, 1.165) is 65.0 Å². The number of amides is 1. The van der Waals surface area contributed by atoms with Crippen LogP contribution in [0.15, 0.2) is 94.3 Å². The van der Waals surface area contributed by atoms with Crippen LogP contribution in [0.1, 0.15) is 84.3 Å². The predicted molar refractivity (Wildman–Crippen MR) is 211 cm³/mol. The van der Waals surface area contributed by atoms with Gasteiger partial charge in [0.2, 0.25) is 11.6 Å². The zero-order chi connectivity index (χ0) is 40.1. The molecule has 0 unspecified atom stereocenters. The number of allylic oxidation sites excluding steroid dienone is 6. The molecule has 2 heterocycles. The molecule has 0 aliphatic carbocycles. The number of carbonyl (C=O) groups is 1. The van der Waals surface area contributed by atoms with Crippen molar-refractivity contribution in [2.45, 2.75) is 93.8 Å². The summed E-state index contributed by atoms with van der Waals surface area (Å²) in [5.74, 6) is -0.361. The molecule has 0 bridgehead atoms. The molecule has 2 N–H and O–H groups in total. The molecule has 2 aliphatic heterocycles. The standard InChI is InChI=1S/C39H51N3O9S3/c1-7-41-33-22-20-29(53(46,47)48)27-31(33)38(3,4)35(41)17-13-12-14-18-36-39(5,6)32-28-30(54(49,50)51)21-23-34(32)42(36)25-16-11-9-10-15-19-37(43)40-24-26-52(44,45)8-2/h8,12-14,17-18,20-23,27-28H,2,7,9-11,15-16,19,24-26H2,1,3-6H3,(H2-,40,43,46,47,48,49,50,51). The molecule has 0 spiro atoms. The maximum Gasteiger partial charge on any atom is 0.294 e. The average molecular weight is 802 g/mol. The first-order valence-corrected chi connectivity index (χ1v) is 22.5. The Morgan fingerprint density at radius 2 is 1.54 bits per heavy atom. The van der Waals surface area contributed by atoms with Gasteiger partial charge in [0.15, 0.2) is 15.5 Å². The molecule has 0 saturated carbocycles. The third-order valence-electron chi connectivity index (χ3n) is 10.1. The molecule has 2 aromatic rings. The molecule has 0 aromatic heterocycles. The zero-order valence-corrected chi connectivity index (χ0v) is 34.0. The second-order valence-electron chi connectivity index (χ2n) is 14.5. The third-order valence-corrected chi connectivity index (χ3v) is 13.1. The van der Waals surface area contributed by atoms with E-state index in [4.69, 9.17) is 0 Å². The summed E-state index contributed by atoms with van der Waals surface area (Å²) in [4.78, 5) is 13.8. The van der Waals surface area contributed by atoms with Crippen molar-refractivity contribution in [3.63, 3.8) is 0 Å². The van der Waals surface area contributed by atoms with E-state index < -0.39 is 40.9 Å². The number of hydrogen-bond acceptors (Lipinski definition) is 9. The first-order chi connectivity index (χ1) is 25.1. The van der Waals surface area contributed by atoms with E-state index in [1.54, 1.807) is 12.1 Å². The van der Waals surface area contributed by atoms with E-state index in [-0.39, 0.29) is 28.0 Å². The molecule has 4 rings (SSSR count). The minimum atomic E-state index is -4.66. The summed E-state index contributed by atoms with van der Waals surface area (Å²) in [5, 5.41) is 3.51. The molecule has 2 aliphatic rings. The SMILES string of the molecule is C=CS(=O)(=O)CCNC(=O)CCCCCCC[N+]1=C(/C=C/C=C/C=C2\N(CC)c3ccc(S(=O)(=O)O)cc3C2(C)C)C(C)(C)c2cc(S(=O)(=O)[O-])ccc21. The Labute approximate surface area is 320 Å². The van der Waals surface area contributed by atoms with Crippen LogP contribution in [0.3, 0.4) is 0 Å². The van der Waals surface area contributed by atoms with Crippen LogP contribution in [0, 0.1) is 0 Å². The quantitative estimate of drug-likeness (QED) is 0.0781. The molecule has 2 aromatic carbocycles. The number of fused-ring (bicyclic) bond motifs is 2. The smallest absolute Gasteiger partial charge is 0.294 e. The van der Waals surface area contributed by atoms with Gasteiger partial charge in [-0.05, 0) is 75.6 Å². The number of sulfone groups is 1. The maximum absolute atomic E-state index is 12.1. The van der Waals surface area contributed by atoms with Crippen LogP contribution >= 0.6 is 0 Å². The molecule has 15 heteroatoms. The molecule has 1 amide bonds. The average Bonchev–Trinajstić information content (AvgIpc) is 3.44. The van der Waals surface area contributed by atoms with Crippen LogP contribution in [-0.2, 0) is 45.7 Å². The predicted octanol–water partition coefficient (Wildman–Crippen LogP) is 6.04. The highest BCUT2D eigenvalue weighted by molar-refractivity contribution is 7.94. The fraction of sp³-hybridized carbons (Fsp3) is 0.436. The normalized spacial score (nSPS) is 17.5. The summed E-state index contributed by atoms with van der Waals surface area (Å²) in [7, 11) is -12.4. The van der Waals surface area contributed by atoms with Gasteiger partial charge in [0.25, 0.3) is 10.1 Å². The molecule has 294 valence electrons. The summed E-state index contributed by atoms with van der Waals surface area (Å²) in [5.41, 5.74) is 4.00. The van der Waals surface area contributed by atoms with Crippen LogP contribution in [0.2, 0.25) is 0 Å². The molecule has 12 nitrogen and oxygen atoms in total. The molecular weight excluding hydrogens is 751 g/mol. The lowest BCUT2D eigenvalue weighted by atomic mass is 9.81. The Bertz CT molecular complexity index is 2230. The van der Waals surface area contributed by atoms with Crippen molar-refractivity contribution >= 4 is 53.1 Å². The highest BCUT2D eigenvalue weighted by atomic mass is 32.2. The number of carbonyl (C=O) groups excluding carboxylic acids is 1. The van der Waals surface area contributed by atoms with Gasteiger partial charge >= 0.3 is 0 Å². The first-order valence-electron chi connectivity index (χ1n) is 18.0. The number of nitrogens with zero attached hydrogens (tertiary/aromatic N) is 2. The van der Waals surface area contributed by atoms with Gasteiger partial charge in [0, 0.05) is 65.8 Å². The zero-order valence-electron chi connectivity index (χ0n) is 31.5. The lowest BCUT2D eigenvalue weighted by Crippen LogP contribution is -2.28. The second-order valence-corrected chi connectivity index (χ2v) is 19.4. The second kappa shape index (κ2) is 16.9. The van der Waals surface area contributed by atoms with Crippen LogP contribution in [0.25, 0.3) is 0 Å². The van der Waals surface area contributed by atoms with Crippen molar-refractivity contribution in [1.29, 1.82) is 0 Å². The molecule has 0 atom stereocenters. The lowest BCUT2D eigenvalue weighted by Gasteiger charge is -2.25. The molecule has 0 saturated heterocycles. The van der Waals surface area contributed by atoms with E-state index in [0.29, 0.717) is 25.9 Å². The van der Waals surface area contributed by atoms with Gasteiger partial charge in [0.05, 0.1) is 21.0 Å². The van der Waals surface area contributed by atoms with Gasteiger partial charge < -0.3 is 14.8 Å². The van der Waals surface area contributed by atoms with Gasteiger partial charge in [-0.3, -0.25) is 9.35 Å². The van der Waals surface area contributed by atoms with E-state index in [1.165, 1.54) is 24.3 Å². The molecular formula is C39H51N3O9S3.